The van der Waals surface area contributed by atoms with Gasteiger partial charge in [-0.3, -0.25) is 4.79 Å². The van der Waals surface area contributed by atoms with E-state index in [0.29, 0.717) is 5.16 Å². The molecular formula is C11H15N3O4S. The Morgan fingerprint density at radius 3 is 2.74 bits per heavy atom. The third-order valence-electron chi connectivity index (χ3n) is 2.11. The monoisotopic (exact) mass is 285 g/mol. The van der Waals surface area contributed by atoms with Crippen LogP contribution in [0.1, 0.15) is 24.2 Å². The first-order chi connectivity index (χ1) is 8.99. The normalized spacial score (nSPS) is 11.7. The Kier molecular flexibility index (Phi) is 5.56. The molecule has 104 valence electrons. The van der Waals surface area contributed by atoms with Gasteiger partial charge in [-0.15, -0.1) is 0 Å². The molecule has 0 aliphatic heterocycles. The summed E-state index contributed by atoms with van der Waals surface area (Å²) in [6.07, 6.45) is 1.28. The van der Waals surface area contributed by atoms with Crippen molar-refractivity contribution >= 4 is 29.5 Å². The maximum absolute atomic E-state index is 11.5. The highest BCUT2D eigenvalue weighted by Crippen LogP contribution is 2.22. The highest BCUT2D eigenvalue weighted by atomic mass is 32.2. The third-order valence-corrected chi connectivity index (χ3v) is 3.06. The number of thioether (sulfide) groups is 1. The topological polar surface area (TPSA) is 104 Å². The lowest BCUT2D eigenvalue weighted by Crippen LogP contribution is -2.16. The van der Waals surface area contributed by atoms with Gasteiger partial charge in [0.25, 0.3) is 0 Å². The van der Waals surface area contributed by atoms with E-state index in [1.165, 1.54) is 13.3 Å². The first kappa shape index (κ1) is 15.2. The Balaban J connectivity index is 2.82. The summed E-state index contributed by atoms with van der Waals surface area (Å²) in [5.74, 6) is -0.938. The molecule has 7 nitrogen and oxygen atoms in total. The highest BCUT2D eigenvalue weighted by Gasteiger charge is 2.18. The zero-order valence-electron chi connectivity index (χ0n) is 10.9. The Bertz CT molecular complexity index is 481. The lowest BCUT2D eigenvalue weighted by molar-refractivity contribution is -0.139. The van der Waals surface area contributed by atoms with Gasteiger partial charge in [-0.05, 0) is 13.8 Å². The van der Waals surface area contributed by atoms with Crippen LogP contribution >= 0.6 is 11.8 Å². The van der Waals surface area contributed by atoms with Crippen LogP contribution in [0.15, 0.2) is 11.4 Å². The van der Waals surface area contributed by atoms with E-state index in [0.717, 1.165) is 11.8 Å². The molecular weight excluding hydrogens is 270 g/mol. The number of anilines is 1. The van der Waals surface area contributed by atoms with Crippen LogP contribution in [0.3, 0.4) is 0 Å². The van der Waals surface area contributed by atoms with Gasteiger partial charge in [0, 0.05) is 6.20 Å². The summed E-state index contributed by atoms with van der Waals surface area (Å²) in [7, 11) is 1.30. The maximum Gasteiger partial charge on any atom is 0.343 e. The van der Waals surface area contributed by atoms with Crippen LogP contribution in [0, 0.1) is 0 Å². The molecule has 0 fully saturated rings. The number of nitrogen functional groups attached to an aromatic ring is 1. The molecule has 1 unspecified atom stereocenters. The minimum absolute atomic E-state index is 0.0213. The van der Waals surface area contributed by atoms with Crippen LogP contribution in [-0.2, 0) is 14.3 Å². The number of hydrogen-bond acceptors (Lipinski definition) is 8. The first-order valence-corrected chi connectivity index (χ1v) is 6.41. The van der Waals surface area contributed by atoms with E-state index < -0.39 is 11.2 Å². The second-order valence-corrected chi connectivity index (χ2v) is 4.76. The lowest BCUT2D eigenvalue weighted by Gasteiger charge is -2.09. The van der Waals surface area contributed by atoms with E-state index >= 15 is 0 Å². The molecule has 0 spiro atoms. The lowest BCUT2D eigenvalue weighted by atomic mass is 10.3. The first-order valence-electron chi connectivity index (χ1n) is 5.53. The molecule has 0 aliphatic carbocycles. The number of carbonyl (C=O) groups excluding carboxylic acids is 2. The van der Waals surface area contributed by atoms with Crippen molar-refractivity contribution in [3.05, 3.63) is 11.8 Å². The molecule has 2 N–H and O–H groups in total. The molecule has 0 radical (unpaired) electrons. The quantitative estimate of drug-likeness (QED) is 0.483. The highest BCUT2D eigenvalue weighted by molar-refractivity contribution is 8.00. The average Bonchev–Trinajstić information content (AvgIpc) is 2.38. The minimum Gasteiger partial charge on any atom is -0.468 e. The molecule has 1 atom stereocenters. The fourth-order valence-corrected chi connectivity index (χ4v) is 1.95. The van der Waals surface area contributed by atoms with Crippen molar-refractivity contribution in [1.29, 1.82) is 0 Å². The van der Waals surface area contributed by atoms with E-state index in [4.69, 9.17) is 10.5 Å². The molecule has 8 heteroatoms. The number of carbonyl (C=O) groups is 2. The predicted octanol–water partition coefficient (Wildman–Crippen LogP) is 0.889. The van der Waals surface area contributed by atoms with Gasteiger partial charge < -0.3 is 15.2 Å². The van der Waals surface area contributed by atoms with Crippen LogP contribution in [0.25, 0.3) is 0 Å². The van der Waals surface area contributed by atoms with Gasteiger partial charge in [0.1, 0.15) is 16.6 Å². The summed E-state index contributed by atoms with van der Waals surface area (Å²) in [4.78, 5) is 30.7. The Hall–Kier alpha value is -1.83. The summed E-state index contributed by atoms with van der Waals surface area (Å²) >= 11 is 1.10. The Morgan fingerprint density at radius 1 is 1.53 bits per heavy atom. The number of ether oxygens (including phenoxy) is 2. The molecule has 1 heterocycles. The molecule has 0 aromatic carbocycles. The number of hydrogen-bond donors (Lipinski definition) is 1. The summed E-state index contributed by atoms with van der Waals surface area (Å²) in [5.41, 5.74) is 5.76. The van der Waals surface area contributed by atoms with Crippen LogP contribution < -0.4 is 5.73 Å². The summed E-state index contributed by atoms with van der Waals surface area (Å²) in [6, 6.07) is 0. The van der Waals surface area contributed by atoms with Gasteiger partial charge in [0.15, 0.2) is 5.16 Å². The number of aromatic nitrogens is 2. The van der Waals surface area contributed by atoms with E-state index in [1.807, 2.05) is 0 Å². The minimum atomic E-state index is -0.572. The number of nitrogens with two attached hydrogens (primary N) is 1. The van der Waals surface area contributed by atoms with Gasteiger partial charge in [-0.1, -0.05) is 11.8 Å². The second-order valence-electron chi connectivity index (χ2n) is 3.46. The third kappa shape index (κ3) is 4.09. The van der Waals surface area contributed by atoms with Crippen molar-refractivity contribution < 1.29 is 19.1 Å². The van der Waals surface area contributed by atoms with Gasteiger partial charge in [0.05, 0.1) is 13.7 Å². The number of esters is 2. The molecule has 19 heavy (non-hydrogen) atoms. The molecule has 0 aliphatic rings. The SMILES string of the molecule is CCOC(=O)c1cnc(SC(C)C(=O)OC)nc1N. The van der Waals surface area contributed by atoms with E-state index in [-0.39, 0.29) is 24.0 Å². The van der Waals surface area contributed by atoms with Crippen molar-refractivity contribution in [3.8, 4) is 0 Å². The smallest absolute Gasteiger partial charge is 0.343 e. The fraction of sp³-hybridized carbons (Fsp3) is 0.455. The fourth-order valence-electron chi connectivity index (χ4n) is 1.17. The molecule has 0 amide bonds. The molecule has 1 aromatic rings. The molecule has 1 rings (SSSR count). The van der Waals surface area contributed by atoms with Gasteiger partial charge >= 0.3 is 11.9 Å². The molecule has 0 saturated carbocycles. The van der Waals surface area contributed by atoms with Gasteiger partial charge in [-0.2, -0.15) is 0 Å². The van der Waals surface area contributed by atoms with E-state index in [9.17, 15) is 9.59 Å². The number of nitrogens with zero attached hydrogens (tertiary/aromatic N) is 2. The van der Waals surface area contributed by atoms with Crippen molar-refractivity contribution in [2.24, 2.45) is 0 Å². The Morgan fingerprint density at radius 2 is 2.21 bits per heavy atom. The molecule has 0 bridgehead atoms. The largest absolute Gasteiger partial charge is 0.468 e. The number of rotatable bonds is 5. The number of methoxy groups -OCH3 is 1. The maximum atomic E-state index is 11.5. The molecule has 1 aromatic heterocycles. The van der Waals surface area contributed by atoms with Crippen molar-refractivity contribution in [2.75, 3.05) is 19.5 Å². The standard InChI is InChI=1S/C11H15N3O4S/c1-4-18-10(16)7-5-13-11(14-8(7)12)19-6(2)9(15)17-3/h5-6H,4H2,1-3H3,(H2,12,13,14). The zero-order valence-corrected chi connectivity index (χ0v) is 11.7. The van der Waals surface area contributed by atoms with Crippen LogP contribution in [0.5, 0.6) is 0 Å². The van der Waals surface area contributed by atoms with E-state index in [1.54, 1.807) is 13.8 Å². The second kappa shape index (κ2) is 6.93. The van der Waals surface area contributed by atoms with Crippen LogP contribution in [-0.4, -0.2) is 40.9 Å². The van der Waals surface area contributed by atoms with Crippen molar-refractivity contribution in [1.82, 2.24) is 9.97 Å². The average molecular weight is 285 g/mol. The summed E-state index contributed by atoms with van der Waals surface area (Å²) in [6.45, 7) is 3.60. The van der Waals surface area contributed by atoms with Gasteiger partial charge in [-0.25, -0.2) is 14.8 Å². The van der Waals surface area contributed by atoms with E-state index in [2.05, 4.69) is 14.7 Å². The van der Waals surface area contributed by atoms with Gasteiger partial charge in [0.2, 0.25) is 0 Å². The van der Waals surface area contributed by atoms with Crippen molar-refractivity contribution in [3.63, 3.8) is 0 Å². The zero-order chi connectivity index (χ0) is 14.4. The van der Waals surface area contributed by atoms with Crippen LogP contribution in [0.4, 0.5) is 5.82 Å². The van der Waals surface area contributed by atoms with Crippen molar-refractivity contribution in [2.45, 2.75) is 24.3 Å². The predicted molar refractivity (Wildman–Crippen MR) is 69.7 cm³/mol. The molecule has 0 saturated heterocycles. The van der Waals surface area contributed by atoms with Crippen LogP contribution in [0.2, 0.25) is 0 Å². The summed E-state index contributed by atoms with van der Waals surface area (Å²) < 4.78 is 9.39. The Labute approximate surface area is 114 Å². The summed E-state index contributed by atoms with van der Waals surface area (Å²) in [5, 5.41) is -0.165.